The Kier molecular flexibility index (Phi) is 4.25. The summed E-state index contributed by atoms with van der Waals surface area (Å²) in [7, 11) is 0. The van der Waals surface area contributed by atoms with Gasteiger partial charge in [-0.1, -0.05) is 18.9 Å². The minimum atomic E-state index is -1.11. The number of hydrogen-bond donors (Lipinski definition) is 2. The molecule has 1 saturated carbocycles. The number of hydrogen-bond acceptors (Lipinski definition) is 2. The van der Waals surface area contributed by atoms with E-state index in [1.165, 1.54) is 13.0 Å². The lowest BCUT2D eigenvalue weighted by Gasteiger charge is -2.23. The molecule has 0 radical (unpaired) electrons. The van der Waals surface area contributed by atoms with Gasteiger partial charge in [-0.25, -0.2) is 8.78 Å². The summed E-state index contributed by atoms with van der Waals surface area (Å²) in [5.74, 6) is -3.41. The molecule has 4 nitrogen and oxygen atoms in total. The van der Waals surface area contributed by atoms with Gasteiger partial charge in [-0.3, -0.25) is 9.59 Å². The molecule has 1 aliphatic carbocycles. The molecule has 0 bridgehead atoms. The number of aliphatic carboxylic acids is 1. The van der Waals surface area contributed by atoms with Crippen LogP contribution >= 0.6 is 0 Å². The molecule has 0 heterocycles. The highest BCUT2D eigenvalue weighted by atomic mass is 19.1. The molecule has 114 valence electrons. The summed E-state index contributed by atoms with van der Waals surface area (Å²) in [4.78, 5) is 23.4. The standard InChI is InChI=1S/C15H17F2NO3/c1-9-4-5-10(16)13(12(9)17)18-11(19)8-15(14(20)21)6-2-3-7-15/h4-5H,2-3,6-8H2,1H3,(H,18,19)(H,20,21). The molecule has 1 aromatic carbocycles. The Morgan fingerprint density at radius 2 is 1.90 bits per heavy atom. The Morgan fingerprint density at radius 3 is 2.48 bits per heavy atom. The van der Waals surface area contributed by atoms with Gasteiger partial charge < -0.3 is 10.4 Å². The van der Waals surface area contributed by atoms with E-state index in [0.29, 0.717) is 12.8 Å². The molecule has 6 heteroatoms. The molecule has 1 amide bonds. The molecule has 0 atom stereocenters. The number of carbonyl (C=O) groups is 2. The lowest BCUT2D eigenvalue weighted by molar-refractivity contribution is -0.150. The van der Waals surface area contributed by atoms with Crippen LogP contribution in [0.15, 0.2) is 12.1 Å². The zero-order chi connectivity index (χ0) is 15.6. The van der Waals surface area contributed by atoms with E-state index >= 15 is 0 Å². The Bertz CT molecular complexity index is 581. The maximum atomic E-state index is 13.8. The maximum absolute atomic E-state index is 13.8. The summed E-state index contributed by atoms with van der Waals surface area (Å²) >= 11 is 0. The molecule has 1 fully saturated rings. The fraction of sp³-hybridized carbons (Fsp3) is 0.467. The van der Waals surface area contributed by atoms with Crippen LogP contribution < -0.4 is 5.32 Å². The van der Waals surface area contributed by atoms with E-state index in [4.69, 9.17) is 0 Å². The van der Waals surface area contributed by atoms with E-state index in [1.807, 2.05) is 0 Å². The van der Waals surface area contributed by atoms with Crippen LogP contribution in [0.5, 0.6) is 0 Å². The highest BCUT2D eigenvalue weighted by molar-refractivity contribution is 5.94. The summed E-state index contributed by atoms with van der Waals surface area (Å²) in [5, 5.41) is 11.5. The Hall–Kier alpha value is -1.98. The second kappa shape index (κ2) is 5.79. The predicted molar refractivity (Wildman–Crippen MR) is 72.9 cm³/mol. The minimum absolute atomic E-state index is 0.209. The Balaban J connectivity index is 2.16. The van der Waals surface area contributed by atoms with Gasteiger partial charge in [0.15, 0.2) is 5.82 Å². The number of aryl methyl sites for hydroxylation is 1. The molecule has 0 aliphatic heterocycles. The van der Waals surface area contributed by atoms with Crippen LogP contribution in [0.1, 0.15) is 37.7 Å². The zero-order valence-corrected chi connectivity index (χ0v) is 11.7. The van der Waals surface area contributed by atoms with Crippen LogP contribution in [0.4, 0.5) is 14.5 Å². The number of nitrogens with one attached hydrogen (secondary N) is 1. The summed E-state index contributed by atoms with van der Waals surface area (Å²) in [5.41, 5.74) is -1.42. The second-order valence-electron chi connectivity index (χ2n) is 5.57. The van der Waals surface area contributed by atoms with Crippen LogP contribution in [-0.2, 0) is 9.59 Å². The number of anilines is 1. The molecule has 1 aliphatic rings. The number of carboxylic acid groups (broad SMARTS) is 1. The van der Waals surface area contributed by atoms with Crippen molar-refractivity contribution in [3.63, 3.8) is 0 Å². The largest absolute Gasteiger partial charge is 0.481 e. The van der Waals surface area contributed by atoms with Gasteiger partial charge in [0, 0.05) is 6.42 Å². The normalized spacial score (nSPS) is 16.7. The van der Waals surface area contributed by atoms with Gasteiger partial charge in [0.25, 0.3) is 0 Å². The van der Waals surface area contributed by atoms with E-state index in [1.54, 1.807) is 0 Å². The monoisotopic (exact) mass is 297 g/mol. The first-order valence-corrected chi connectivity index (χ1v) is 6.83. The van der Waals surface area contributed by atoms with Gasteiger partial charge in [0.1, 0.15) is 11.5 Å². The van der Waals surface area contributed by atoms with Crippen LogP contribution in [0.2, 0.25) is 0 Å². The second-order valence-corrected chi connectivity index (χ2v) is 5.57. The van der Waals surface area contributed by atoms with Crippen molar-refractivity contribution in [1.82, 2.24) is 0 Å². The lowest BCUT2D eigenvalue weighted by atomic mass is 9.82. The topological polar surface area (TPSA) is 66.4 Å². The molecule has 1 aromatic rings. The van der Waals surface area contributed by atoms with E-state index in [0.717, 1.165) is 18.9 Å². The van der Waals surface area contributed by atoms with Crippen molar-refractivity contribution in [3.05, 3.63) is 29.3 Å². The number of benzene rings is 1. The third-order valence-electron chi connectivity index (χ3n) is 4.06. The van der Waals surface area contributed by atoms with Gasteiger partial charge in [0.2, 0.25) is 5.91 Å². The first-order chi connectivity index (χ1) is 9.85. The minimum Gasteiger partial charge on any atom is -0.481 e. The zero-order valence-electron chi connectivity index (χ0n) is 11.7. The molecule has 21 heavy (non-hydrogen) atoms. The van der Waals surface area contributed by atoms with E-state index in [-0.39, 0.29) is 12.0 Å². The highest BCUT2D eigenvalue weighted by Crippen LogP contribution is 2.41. The Morgan fingerprint density at radius 1 is 1.29 bits per heavy atom. The molecule has 0 spiro atoms. The van der Waals surface area contributed by atoms with Gasteiger partial charge in [-0.15, -0.1) is 0 Å². The molecule has 0 saturated heterocycles. The maximum Gasteiger partial charge on any atom is 0.310 e. The predicted octanol–water partition coefficient (Wildman–Crippen LogP) is 3.25. The van der Waals surface area contributed by atoms with Crippen molar-refractivity contribution < 1.29 is 23.5 Å². The molecule has 2 N–H and O–H groups in total. The lowest BCUT2D eigenvalue weighted by Crippen LogP contribution is -2.33. The first-order valence-electron chi connectivity index (χ1n) is 6.83. The van der Waals surface area contributed by atoms with E-state index in [2.05, 4.69) is 5.32 Å². The number of carboxylic acids is 1. The van der Waals surface area contributed by atoms with Crippen LogP contribution in [0, 0.1) is 24.0 Å². The summed E-state index contributed by atoms with van der Waals surface area (Å²) in [6.45, 7) is 1.46. The fourth-order valence-electron chi connectivity index (χ4n) is 2.78. The number of halogens is 2. The van der Waals surface area contributed by atoms with Crippen molar-refractivity contribution >= 4 is 17.6 Å². The van der Waals surface area contributed by atoms with Gasteiger partial charge in [-0.05, 0) is 31.4 Å². The number of rotatable bonds is 4. The fourth-order valence-corrected chi connectivity index (χ4v) is 2.78. The van der Waals surface area contributed by atoms with Crippen molar-refractivity contribution in [1.29, 1.82) is 0 Å². The van der Waals surface area contributed by atoms with E-state index < -0.39 is 34.6 Å². The molecular formula is C15H17F2NO3. The Labute approximate surface area is 121 Å². The quantitative estimate of drug-likeness (QED) is 0.896. The summed E-state index contributed by atoms with van der Waals surface area (Å²) in [6.07, 6.45) is 2.04. The average Bonchev–Trinajstić information content (AvgIpc) is 2.89. The van der Waals surface area contributed by atoms with Crippen LogP contribution in [-0.4, -0.2) is 17.0 Å². The molecular weight excluding hydrogens is 280 g/mol. The van der Waals surface area contributed by atoms with Crippen LogP contribution in [0.3, 0.4) is 0 Å². The first kappa shape index (κ1) is 15.4. The number of amides is 1. The van der Waals surface area contributed by atoms with E-state index in [9.17, 15) is 23.5 Å². The third-order valence-corrected chi connectivity index (χ3v) is 4.06. The van der Waals surface area contributed by atoms with Crippen molar-refractivity contribution in [2.24, 2.45) is 5.41 Å². The van der Waals surface area contributed by atoms with Crippen LogP contribution in [0.25, 0.3) is 0 Å². The van der Waals surface area contributed by atoms with Crippen molar-refractivity contribution in [2.45, 2.75) is 39.0 Å². The van der Waals surface area contributed by atoms with Gasteiger partial charge in [0.05, 0.1) is 5.41 Å². The van der Waals surface area contributed by atoms with Crippen molar-refractivity contribution in [2.75, 3.05) is 5.32 Å². The number of carbonyl (C=O) groups excluding carboxylic acids is 1. The highest BCUT2D eigenvalue weighted by Gasteiger charge is 2.43. The van der Waals surface area contributed by atoms with Crippen molar-refractivity contribution in [3.8, 4) is 0 Å². The SMILES string of the molecule is Cc1ccc(F)c(NC(=O)CC2(C(=O)O)CCCC2)c1F. The van der Waals surface area contributed by atoms with Gasteiger partial charge >= 0.3 is 5.97 Å². The summed E-state index contributed by atoms with van der Waals surface area (Å²) < 4.78 is 27.4. The van der Waals surface area contributed by atoms with Gasteiger partial charge in [-0.2, -0.15) is 0 Å². The molecule has 2 rings (SSSR count). The summed E-state index contributed by atoms with van der Waals surface area (Å²) in [6, 6.07) is 2.34. The third kappa shape index (κ3) is 3.04. The smallest absolute Gasteiger partial charge is 0.310 e. The average molecular weight is 297 g/mol. The molecule has 0 unspecified atom stereocenters. The molecule has 0 aromatic heterocycles.